The summed E-state index contributed by atoms with van der Waals surface area (Å²) in [6.45, 7) is 5.04. The van der Waals surface area contributed by atoms with E-state index in [0.29, 0.717) is 0 Å². The summed E-state index contributed by atoms with van der Waals surface area (Å²) in [7, 11) is 1.18. The number of esters is 1. The van der Waals surface area contributed by atoms with E-state index in [1.807, 2.05) is 0 Å². The van der Waals surface area contributed by atoms with Crippen LogP contribution in [-0.2, 0) is 14.3 Å². The van der Waals surface area contributed by atoms with Gasteiger partial charge in [-0.1, -0.05) is 11.6 Å². The smallest absolute Gasteiger partial charge is 0.408 e. The lowest BCUT2D eigenvalue weighted by atomic mass is 10.2. The quantitative estimate of drug-likeness (QED) is 0.358. The molecule has 1 N–H and O–H groups in total. The average molecular weight is 281 g/mol. The molecule has 0 aliphatic rings. The van der Waals surface area contributed by atoms with Crippen molar-refractivity contribution < 1.29 is 19.1 Å². The van der Waals surface area contributed by atoms with Gasteiger partial charge in [-0.3, -0.25) is 4.79 Å². The van der Waals surface area contributed by atoms with Crippen molar-refractivity contribution in [3.05, 3.63) is 4.91 Å². The average Bonchev–Trinajstić information content (AvgIpc) is 2.24. The van der Waals surface area contributed by atoms with Crippen LogP contribution in [0.25, 0.3) is 0 Å². The largest absolute Gasteiger partial charge is 0.469 e. The zero-order chi connectivity index (χ0) is 14.3. The van der Waals surface area contributed by atoms with Crippen LogP contribution < -0.4 is 5.32 Å². The Labute approximate surface area is 110 Å². The molecule has 0 bridgehead atoms. The van der Waals surface area contributed by atoms with E-state index in [4.69, 9.17) is 16.3 Å². The van der Waals surface area contributed by atoms with Crippen molar-refractivity contribution in [3.8, 4) is 0 Å². The highest BCUT2D eigenvalue weighted by Crippen LogP contribution is 2.12. The normalized spacial score (nSPS) is 14.3. The van der Waals surface area contributed by atoms with E-state index < -0.39 is 29.2 Å². The Hall–Kier alpha value is -1.37. The Bertz CT molecular complexity index is 316. The number of halogens is 1. The molecule has 0 rings (SSSR count). The molecule has 1 amide bonds. The fourth-order valence-electron chi connectivity index (χ4n) is 1.01. The molecule has 0 fully saturated rings. The van der Waals surface area contributed by atoms with Crippen LogP contribution >= 0.6 is 11.6 Å². The molecule has 0 saturated carbocycles. The maximum absolute atomic E-state index is 11.5. The van der Waals surface area contributed by atoms with Crippen LogP contribution in [-0.4, -0.2) is 36.3 Å². The molecule has 0 saturated heterocycles. The first-order valence-electron chi connectivity index (χ1n) is 5.22. The number of hydrogen-bond donors (Lipinski definition) is 1. The Kier molecular flexibility index (Phi) is 6.61. The van der Waals surface area contributed by atoms with Gasteiger partial charge >= 0.3 is 12.1 Å². The Morgan fingerprint density at radius 3 is 2.33 bits per heavy atom. The van der Waals surface area contributed by atoms with E-state index in [-0.39, 0.29) is 6.42 Å². The van der Waals surface area contributed by atoms with E-state index in [0.717, 1.165) is 0 Å². The third kappa shape index (κ3) is 7.05. The van der Waals surface area contributed by atoms with Crippen molar-refractivity contribution in [2.45, 2.75) is 44.3 Å². The van der Waals surface area contributed by atoms with Gasteiger partial charge in [-0.15, -0.1) is 4.91 Å². The number of carbonyl (C=O) groups excluding carboxylic acids is 2. The van der Waals surface area contributed by atoms with E-state index in [1.165, 1.54) is 7.11 Å². The van der Waals surface area contributed by atoms with Crippen molar-refractivity contribution in [2.24, 2.45) is 5.18 Å². The Balaban J connectivity index is 4.54. The standard InChI is InChI=1S/C10H17ClN2O5/c1-10(2,3)18-9(15)12-6(8(11)13-16)5-7(14)17-4/h6,8H,5H2,1-4H3,(H,12,15)/t6-,8?/m0/s1. The van der Waals surface area contributed by atoms with Crippen LogP contribution in [0.2, 0.25) is 0 Å². The molecule has 2 atom stereocenters. The number of amides is 1. The number of rotatable bonds is 5. The van der Waals surface area contributed by atoms with Crippen LogP contribution in [0.5, 0.6) is 0 Å². The fraction of sp³-hybridized carbons (Fsp3) is 0.800. The van der Waals surface area contributed by atoms with Gasteiger partial charge in [-0.25, -0.2) is 4.79 Å². The SMILES string of the molecule is COC(=O)C[C@H](NC(=O)OC(C)(C)C)C(Cl)N=O. The zero-order valence-corrected chi connectivity index (χ0v) is 11.5. The van der Waals surface area contributed by atoms with Crippen molar-refractivity contribution >= 4 is 23.7 Å². The summed E-state index contributed by atoms with van der Waals surface area (Å²) in [6, 6.07) is -0.980. The van der Waals surface area contributed by atoms with Gasteiger partial charge in [0, 0.05) is 0 Å². The highest BCUT2D eigenvalue weighted by molar-refractivity contribution is 6.21. The van der Waals surface area contributed by atoms with Gasteiger partial charge in [-0.05, 0) is 25.9 Å². The highest BCUT2D eigenvalue weighted by Gasteiger charge is 2.27. The molecule has 0 aromatic heterocycles. The molecule has 0 heterocycles. The second-order valence-corrected chi connectivity index (χ2v) is 4.96. The molecular formula is C10H17ClN2O5. The molecule has 104 valence electrons. The summed E-state index contributed by atoms with van der Waals surface area (Å²) < 4.78 is 9.40. The minimum Gasteiger partial charge on any atom is -0.469 e. The second kappa shape index (κ2) is 7.15. The van der Waals surface area contributed by atoms with Gasteiger partial charge < -0.3 is 14.8 Å². The Morgan fingerprint density at radius 1 is 1.39 bits per heavy atom. The van der Waals surface area contributed by atoms with Gasteiger partial charge in [0.25, 0.3) is 0 Å². The minimum atomic E-state index is -1.28. The van der Waals surface area contributed by atoms with Crippen LogP contribution in [0.4, 0.5) is 4.79 Å². The minimum absolute atomic E-state index is 0.268. The second-order valence-electron chi connectivity index (χ2n) is 4.51. The molecule has 0 radical (unpaired) electrons. The first-order chi connectivity index (χ1) is 8.19. The van der Waals surface area contributed by atoms with Crippen molar-refractivity contribution in [3.63, 3.8) is 0 Å². The summed E-state index contributed by atoms with van der Waals surface area (Å²) >= 11 is 5.59. The Morgan fingerprint density at radius 2 is 1.94 bits per heavy atom. The number of nitrogens with one attached hydrogen (secondary N) is 1. The highest BCUT2D eigenvalue weighted by atomic mass is 35.5. The molecule has 0 aromatic carbocycles. The number of nitroso groups, excluding NO2 is 1. The van der Waals surface area contributed by atoms with Crippen molar-refractivity contribution in [1.82, 2.24) is 5.32 Å². The van der Waals surface area contributed by atoms with E-state index in [2.05, 4.69) is 15.2 Å². The van der Waals surface area contributed by atoms with Gasteiger partial charge in [0.05, 0.1) is 19.6 Å². The summed E-state index contributed by atoms with van der Waals surface area (Å²) in [5.41, 5.74) is -1.98. The summed E-state index contributed by atoms with van der Waals surface area (Å²) in [4.78, 5) is 32.9. The maximum atomic E-state index is 11.5. The lowest BCUT2D eigenvalue weighted by Crippen LogP contribution is -2.44. The number of carbonyl (C=O) groups is 2. The van der Waals surface area contributed by atoms with Gasteiger partial charge in [0.15, 0.2) is 5.50 Å². The van der Waals surface area contributed by atoms with Crippen LogP contribution in [0, 0.1) is 4.91 Å². The molecule has 0 aromatic rings. The van der Waals surface area contributed by atoms with Gasteiger partial charge in [0.2, 0.25) is 0 Å². The van der Waals surface area contributed by atoms with E-state index in [1.54, 1.807) is 20.8 Å². The number of methoxy groups -OCH3 is 1. The molecule has 7 nitrogen and oxygen atoms in total. The summed E-state index contributed by atoms with van der Waals surface area (Å²) in [5, 5.41) is 4.86. The number of alkyl carbamates (subject to hydrolysis) is 1. The van der Waals surface area contributed by atoms with Gasteiger partial charge in [0.1, 0.15) is 5.60 Å². The van der Waals surface area contributed by atoms with Crippen molar-refractivity contribution in [2.75, 3.05) is 7.11 Å². The van der Waals surface area contributed by atoms with Gasteiger partial charge in [-0.2, -0.15) is 0 Å². The molecular weight excluding hydrogens is 264 g/mol. The monoisotopic (exact) mass is 280 g/mol. The molecule has 18 heavy (non-hydrogen) atoms. The van der Waals surface area contributed by atoms with Crippen LogP contribution in [0.1, 0.15) is 27.2 Å². The molecule has 0 spiro atoms. The lowest BCUT2D eigenvalue weighted by Gasteiger charge is -2.23. The number of alkyl halides is 1. The third-order valence-corrected chi connectivity index (χ3v) is 2.13. The third-order valence-electron chi connectivity index (χ3n) is 1.75. The molecule has 1 unspecified atom stereocenters. The maximum Gasteiger partial charge on any atom is 0.408 e. The zero-order valence-electron chi connectivity index (χ0n) is 10.7. The molecule has 0 aliphatic heterocycles. The van der Waals surface area contributed by atoms with Crippen LogP contribution in [0.3, 0.4) is 0 Å². The van der Waals surface area contributed by atoms with E-state index in [9.17, 15) is 14.5 Å². The first kappa shape index (κ1) is 16.6. The summed E-state index contributed by atoms with van der Waals surface area (Å²) in [6.07, 6.45) is -1.05. The molecule has 0 aliphatic carbocycles. The van der Waals surface area contributed by atoms with E-state index >= 15 is 0 Å². The lowest BCUT2D eigenvalue weighted by molar-refractivity contribution is -0.141. The topological polar surface area (TPSA) is 94.1 Å². The fourth-order valence-corrected chi connectivity index (χ4v) is 1.16. The number of hydrogen-bond acceptors (Lipinski definition) is 6. The predicted molar refractivity (Wildman–Crippen MR) is 65.2 cm³/mol. The number of ether oxygens (including phenoxy) is 2. The van der Waals surface area contributed by atoms with Crippen LogP contribution in [0.15, 0.2) is 5.18 Å². The number of nitrogens with zero attached hydrogens (tertiary/aromatic N) is 1. The summed E-state index contributed by atoms with van der Waals surface area (Å²) in [5.74, 6) is -0.620. The predicted octanol–water partition coefficient (Wildman–Crippen LogP) is 1.77. The molecule has 8 heteroatoms. The first-order valence-corrected chi connectivity index (χ1v) is 5.66. The van der Waals surface area contributed by atoms with Crippen molar-refractivity contribution in [1.29, 1.82) is 0 Å².